The second-order valence-corrected chi connectivity index (χ2v) is 8.13. The predicted octanol–water partition coefficient (Wildman–Crippen LogP) is -0.175. The van der Waals surface area contributed by atoms with E-state index in [4.69, 9.17) is 38.9 Å². The number of carbonyl (C=O) groups excluding carboxylic acids is 1. The van der Waals surface area contributed by atoms with Gasteiger partial charge in [0.25, 0.3) is 0 Å². The molecule has 2 saturated heterocycles. The Balaban J connectivity index is 1.64. The molecule has 3 N–H and O–H groups in total. The minimum absolute atomic E-state index is 0.125. The Labute approximate surface area is 179 Å². The summed E-state index contributed by atoms with van der Waals surface area (Å²) < 4.78 is 40.1. The second kappa shape index (κ2) is 12.3. The van der Waals surface area contributed by atoms with Gasteiger partial charge in [0.15, 0.2) is 5.79 Å². The van der Waals surface area contributed by atoms with Crippen molar-refractivity contribution in [2.24, 2.45) is 5.73 Å². The van der Waals surface area contributed by atoms with Crippen LogP contribution in [0, 0.1) is 0 Å². The number of hydrogen-bond acceptors (Lipinski definition) is 9. The number of nitrogens with one attached hydrogen (secondary N) is 1. The van der Waals surface area contributed by atoms with Crippen LogP contribution in [0.1, 0.15) is 27.7 Å². The zero-order chi connectivity index (χ0) is 22.0. The van der Waals surface area contributed by atoms with E-state index in [1.807, 2.05) is 20.8 Å². The molecule has 1 amide bonds. The summed E-state index contributed by atoms with van der Waals surface area (Å²) in [6, 6.07) is -0.258. The van der Waals surface area contributed by atoms with Crippen molar-refractivity contribution >= 4 is 5.91 Å². The lowest BCUT2D eigenvalue weighted by molar-refractivity contribution is -0.202. The van der Waals surface area contributed by atoms with Gasteiger partial charge in [-0.05, 0) is 20.8 Å². The van der Waals surface area contributed by atoms with Gasteiger partial charge in [0, 0.05) is 13.5 Å². The van der Waals surface area contributed by atoms with E-state index in [1.165, 1.54) is 6.92 Å². The summed E-state index contributed by atoms with van der Waals surface area (Å²) in [6.45, 7) is 11.8. The topological polar surface area (TPSA) is 120 Å². The Hall–Kier alpha value is -0.850. The third kappa shape index (κ3) is 8.01. The molecule has 0 spiro atoms. The highest BCUT2D eigenvalue weighted by Gasteiger charge is 2.57. The maximum absolute atomic E-state index is 11.5. The van der Waals surface area contributed by atoms with Crippen molar-refractivity contribution < 1.29 is 38.0 Å². The smallest absolute Gasteiger partial charge is 0.217 e. The predicted molar refractivity (Wildman–Crippen MR) is 108 cm³/mol. The van der Waals surface area contributed by atoms with Gasteiger partial charge in [-0.2, -0.15) is 0 Å². The average molecular weight is 435 g/mol. The van der Waals surface area contributed by atoms with Gasteiger partial charge in [0.1, 0.15) is 17.8 Å². The number of fused-ring (bicyclic) bond motifs is 1. The van der Waals surface area contributed by atoms with E-state index >= 15 is 0 Å². The molecule has 0 radical (unpaired) electrons. The van der Waals surface area contributed by atoms with Crippen LogP contribution in [0.4, 0.5) is 0 Å². The average Bonchev–Trinajstić information content (AvgIpc) is 3.02. The van der Waals surface area contributed by atoms with Crippen molar-refractivity contribution in [3.8, 4) is 0 Å². The highest BCUT2D eigenvalue weighted by atomic mass is 16.8. The quantitative estimate of drug-likeness (QED) is 0.359. The van der Waals surface area contributed by atoms with Crippen LogP contribution < -0.4 is 11.1 Å². The Morgan fingerprint density at radius 3 is 2.10 bits per heavy atom. The van der Waals surface area contributed by atoms with Gasteiger partial charge < -0.3 is 44.2 Å². The first-order valence-corrected chi connectivity index (χ1v) is 10.6. The summed E-state index contributed by atoms with van der Waals surface area (Å²) in [6.07, 6.45) is -0.651. The molecule has 2 rings (SSSR count). The highest BCUT2D eigenvalue weighted by Crippen LogP contribution is 2.40. The number of carbonyl (C=O) groups is 1. The van der Waals surface area contributed by atoms with Gasteiger partial charge in [-0.15, -0.1) is 0 Å². The molecule has 4 atom stereocenters. The molecule has 2 aliphatic rings. The SMILES string of the molecule is CC(=O)N[C@H]1CO[C@](C)(COCCOCCOCCOCCN)[C@@H]2OC(C)(C)O[C@H]12. The molecule has 0 unspecified atom stereocenters. The lowest BCUT2D eigenvalue weighted by Gasteiger charge is -2.44. The van der Waals surface area contributed by atoms with Crippen LogP contribution in [0.15, 0.2) is 0 Å². The monoisotopic (exact) mass is 434 g/mol. The minimum atomic E-state index is -0.751. The number of amides is 1. The molecule has 0 aliphatic carbocycles. The number of nitrogens with two attached hydrogens (primary N) is 1. The van der Waals surface area contributed by atoms with E-state index < -0.39 is 11.4 Å². The zero-order valence-electron chi connectivity index (χ0n) is 18.6. The van der Waals surface area contributed by atoms with E-state index in [0.717, 1.165) is 0 Å². The van der Waals surface area contributed by atoms with Gasteiger partial charge >= 0.3 is 0 Å². The van der Waals surface area contributed by atoms with Crippen molar-refractivity contribution in [1.29, 1.82) is 0 Å². The highest BCUT2D eigenvalue weighted by molar-refractivity contribution is 5.73. The molecular formula is C20H38N2O8. The van der Waals surface area contributed by atoms with Crippen molar-refractivity contribution in [2.75, 3.05) is 66.0 Å². The van der Waals surface area contributed by atoms with E-state index in [9.17, 15) is 4.79 Å². The van der Waals surface area contributed by atoms with Gasteiger partial charge in [0.05, 0.1) is 65.5 Å². The molecule has 0 bridgehead atoms. The molecule has 176 valence electrons. The Kier molecular flexibility index (Phi) is 10.4. The van der Waals surface area contributed by atoms with Gasteiger partial charge in [0.2, 0.25) is 5.91 Å². The van der Waals surface area contributed by atoms with E-state index in [-0.39, 0.29) is 24.2 Å². The van der Waals surface area contributed by atoms with Crippen LogP contribution in [0.2, 0.25) is 0 Å². The Morgan fingerprint density at radius 2 is 1.53 bits per heavy atom. The Bertz CT molecular complexity index is 521. The minimum Gasteiger partial charge on any atom is -0.378 e. The van der Waals surface area contributed by atoms with Gasteiger partial charge in [-0.3, -0.25) is 4.79 Å². The maximum Gasteiger partial charge on any atom is 0.217 e. The fraction of sp³-hybridized carbons (Fsp3) is 0.950. The molecule has 2 heterocycles. The first kappa shape index (κ1) is 25.4. The largest absolute Gasteiger partial charge is 0.378 e. The van der Waals surface area contributed by atoms with Crippen LogP contribution in [0.3, 0.4) is 0 Å². The van der Waals surface area contributed by atoms with Gasteiger partial charge in [-0.25, -0.2) is 0 Å². The third-order valence-corrected chi connectivity index (χ3v) is 4.88. The lowest BCUT2D eigenvalue weighted by atomic mass is 9.88. The van der Waals surface area contributed by atoms with Crippen molar-refractivity contribution in [2.45, 2.75) is 57.3 Å². The van der Waals surface area contributed by atoms with Crippen LogP contribution in [0.5, 0.6) is 0 Å². The summed E-state index contributed by atoms with van der Waals surface area (Å²) in [5.74, 6) is -0.876. The van der Waals surface area contributed by atoms with Crippen LogP contribution in [0.25, 0.3) is 0 Å². The number of hydrogen-bond donors (Lipinski definition) is 2. The van der Waals surface area contributed by atoms with Crippen LogP contribution in [-0.2, 0) is 38.0 Å². The molecule has 2 aliphatic heterocycles. The van der Waals surface area contributed by atoms with E-state index in [1.54, 1.807) is 0 Å². The summed E-state index contributed by atoms with van der Waals surface area (Å²) in [4.78, 5) is 11.5. The number of rotatable bonds is 14. The number of ether oxygens (including phenoxy) is 7. The Morgan fingerprint density at radius 1 is 0.967 bits per heavy atom. The van der Waals surface area contributed by atoms with E-state index in [0.29, 0.717) is 66.0 Å². The first-order chi connectivity index (χ1) is 14.3. The molecule has 0 aromatic heterocycles. The molecule has 10 heteroatoms. The van der Waals surface area contributed by atoms with Crippen LogP contribution >= 0.6 is 0 Å². The van der Waals surface area contributed by atoms with Crippen molar-refractivity contribution in [3.63, 3.8) is 0 Å². The third-order valence-electron chi connectivity index (χ3n) is 4.88. The summed E-state index contributed by atoms with van der Waals surface area (Å²) in [5.41, 5.74) is 4.65. The van der Waals surface area contributed by atoms with Gasteiger partial charge in [-0.1, -0.05) is 0 Å². The first-order valence-electron chi connectivity index (χ1n) is 10.6. The summed E-state index contributed by atoms with van der Waals surface area (Å²) >= 11 is 0. The molecule has 0 aromatic rings. The summed E-state index contributed by atoms with van der Waals surface area (Å²) in [7, 11) is 0. The lowest BCUT2D eigenvalue weighted by Crippen LogP contribution is -2.64. The standard InChI is InChI=1S/C20H38N2O8/c1-15(23)22-16-13-28-20(4,18-17(16)29-19(2,3)30-18)14-27-12-11-26-10-9-25-8-7-24-6-5-21/h16-18H,5-14,21H2,1-4H3,(H,22,23)/t16-,17+,18+,20+/m0/s1. The fourth-order valence-electron chi connectivity index (χ4n) is 3.54. The molecule has 0 aromatic carbocycles. The summed E-state index contributed by atoms with van der Waals surface area (Å²) in [5, 5.41) is 2.89. The molecule has 30 heavy (non-hydrogen) atoms. The second-order valence-electron chi connectivity index (χ2n) is 8.13. The van der Waals surface area contributed by atoms with Crippen LogP contribution in [-0.4, -0.2) is 102 Å². The molecule has 2 fully saturated rings. The van der Waals surface area contributed by atoms with Crippen molar-refractivity contribution in [1.82, 2.24) is 5.32 Å². The zero-order valence-corrected chi connectivity index (χ0v) is 18.6. The van der Waals surface area contributed by atoms with Crippen molar-refractivity contribution in [3.05, 3.63) is 0 Å². The fourth-order valence-corrected chi connectivity index (χ4v) is 3.54. The molecule has 10 nitrogen and oxygen atoms in total. The normalized spacial score (nSPS) is 30.2. The van der Waals surface area contributed by atoms with E-state index in [2.05, 4.69) is 5.32 Å². The molecule has 0 saturated carbocycles. The maximum atomic E-state index is 11.5. The molecular weight excluding hydrogens is 396 g/mol.